The Morgan fingerprint density at radius 3 is 2.84 bits per heavy atom. The lowest BCUT2D eigenvalue weighted by atomic mass is 9.95. The highest BCUT2D eigenvalue weighted by atomic mass is 35.5. The first-order valence-electron chi connectivity index (χ1n) is 6.25. The Kier molecular flexibility index (Phi) is 8.80. The molecule has 5 nitrogen and oxygen atoms in total. The van der Waals surface area contributed by atoms with Crippen molar-refractivity contribution < 1.29 is 4.79 Å². The number of amides is 1. The Bertz CT molecular complexity index is 359. The highest BCUT2D eigenvalue weighted by molar-refractivity contribution is 5.85. The number of rotatable bonds is 5. The lowest BCUT2D eigenvalue weighted by molar-refractivity contribution is -0.125. The molecule has 2 atom stereocenters. The van der Waals surface area contributed by atoms with Crippen LogP contribution in [-0.2, 0) is 11.3 Å². The fourth-order valence-electron chi connectivity index (χ4n) is 2.52. The van der Waals surface area contributed by atoms with Crippen molar-refractivity contribution in [2.75, 3.05) is 13.1 Å². The minimum Gasteiger partial charge on any atom is -0.354 e. The monoisotopic (exact) mass is 308 g/mol. The van der Waals surface area contributed by atoms with Crippen molar-refractivity contribution in [2.45, 2.75) is 25.8 Å². The summed E-state index contributed by atoms with van der Waals surface area (Å²) in [5.74, 6) is 0.670. The number of hydrogen-bond acceptors (Lipinski definition) is 3. The summed E-state index contributed by atoms with van der Waals surface area (Å²) in [5.41, 5.74) is 5.68. The van der Waals surface area contributed by atoms with E-state index in [9.17, 15) is 4.79 Å². The molecule has 0 aliphatic heterocycles. The number of halogens is 2. The van der Waals surface area contributed by atoms with Gasteiger partial charge in [0.2, 0.25) is 5.91 Å². The van der Waals surface area contributed by atoms with Gasteiger partial charge >= 0.3 is 0 Å². The van der Waals surface area contributed by atoms with Crippen molar-refractivity contribution in [1.29, 1.82) is 0 Å². The molecule has 0 bridgehead atoms. The molecule has 0 unspecified atom stereocenters. The van der Waals surface area contributed by atoms with Crippen LogP contribution in [-0.4, -0.2) is 28.5 Å². The molecule has 1 aliphatic rings. The number of hydrogen-bond donors (Lipinski definition) is 2. The Balaban J connectivity index is 0.00000162. The van der Waals surface area contributed by atoms with Crippen LogP contribution >= 0.6 is 24.8 Å². The van der Waals surface area contributed by atoms with Crippen molar-refractivity contribution >= 4 is 30.7 Å². The molecule has 1 saturated carbocycles. The molecule has 19 heavy (non-hydrogen) atoms. The smallest absolute Gasteiger partial charge is 0.223 e. The van der Waals surface area contributed by atoms with E-state index in [-0.39, 0.29) is 36.6 Å². The number of aromatic nitrogens is 2. The third-order valence-corrected chi connectivity index (χ3v) is 3.53. The predicted molar refractivity (Wildman–Crippen MR) is 79.6 cm³/mol. The first-order chi connectivity index (χ1) is 8.31. The van der Waals surface area contributed by atoms with Crippen LogP contribution in [0.1, 0.15) is 19.3 Å². The van der Waals surface area contributed by atoms with Gasteiger partial charge in [0, 0.05) is 31.4 Å². The minimum absolute atomic E-state index is 0. The van der Waals surface area contributed by atoms with Gasteiger partial charge in [0.05, 0.1) is 6.33 Å². The second kappa shape index (κ2) is 9.18. The zero-order valence-electron chi connectivity index (χ0n) is 10.8. The summed E-state index contributed by atoms with van der Waals surface area (Å²) in [4.78, 5) is 15.9. The highest BCUT2D eigenvalue weighted by Gasteiger charge is 2.31. The zero-order chi connectivity index (χ0) is 12.1. The van der Waals surface area contributed by atoms with Crippen LogP contribution in [0.25, 0.3) is 0 Å². The van der Waals surface area contributed by atoms with Gasteiger partial charge in [-0.1, -0.05) is 6.42 Å². The molecule has 2 rings (SSSR count). The number of carbonyl (C=O) groups is 1. The lowest BCUT2D eigenvalue weighted by Gasteiger charge is -2.17. The van der Waals surface area contributed by atoms with Gasteiger partial charge in [0.1, 0.15) is 0 Å². The van der Waals surface area contributed by atoms with E-state index in [0.29, 0.717) is 19.0 Å². The second-order valence-electron chi connectivity index (χ2n) is 4.62. The van der Waals surface area contributed by atoms with E-state index in [0.717, 1.165) is 25.8 Å². The Morgan fingerprint density at radius 1 is 1.42 bits per heavy atom. The standard InChI is InChI=1S/C12H20N4O.2ClH/c13-8-10-2-1-3-11(10)12(17)15-5-7-16-6-4-14-9-16;;/h4,6,9-11H,1-3,5,7-8,13H2,(H,15,17);2*1H/t10-,11-;;/m1../s1. The molecule has 1 amide bonds. The van der Waals surface area contributed by atoms with E-state index < -0.39 is 0 Å². The number of nitrogens with zero attached hydrogens (tertiary/aromatic N) is 2. The van der Waals surface area contributed by atoms with Gasteiger partial charge in [-0.05, 0) is 25.3 Å². The van der Waals surface area contributed by atoms with Crippen molar-refractivity contribution in [3.63, 3.8) is 0 Å². The van der Waals surface area contributed by atoms with Gasteiger partial charge in [-0.25, -0.2) is 4.98 Å². The SMILES string of the molecule is Cl.Cl.NC[C@H]1CCC[C@H]1C(=O)NCCn1ccnc1. The van der Waals surface area contributed by atoms with Crippen LogP contribution in [0.4, 0.5) is 0 Å². The first-order valence-corrected chi connectivity index (χ1v) is 6.25. The summed E-state index contributed by atoms with van der Waals surface area (Å²) >= 11 is 0. The zero-order valence-corrected chi connectivity index (χ0v) is 12.5. The summed E-state index contributed by atoms with van der Waals surface area (Å²) in [6.07, 6.45) is 8.59. The molecule has 1 aliphatic carbocycles. The molecule has 110 valence electrons. The molecule has 1 aromatic rings. The molecule has 1 aromatic heterocycles. The molecule has 0 spiro atoms. The molecular weight excluding hydrogens is 287 g/mol. The maximum absolute atomic E-state index is 12.0. The molecule has 1 fully saturated rings. The third kappa shape index (κ3) is 5.01. The molecule has 0 saturated heterocycles. The maximum atomic E-state index is 12.0. The van der Waals surface area contributed by atoms with E-state index in [1.54, 1.807) is 12.5 Å². The van der Waals surface area contributed by atoms with Gasteiger partial charge in [0.25, 0.3) is 0 Å². The molecule has 1 heterocycles. The predicted octanol–water partition coefficient (Wildman–Crippen LogP) is 1.22. The minimum atomic E-state index is 0. The van der Waals surface area contributed by atoms with Gasteiger partial charge in [0.15, 0.2) is 0 Å². The van der Waals surface area contributed by atoms with Crippen LogP contribution in [0.3, 0.4) is 0 Å². The third-order valence-electron chi connectivity index (χ3n) is 3.53. The summed E-state index contributed by atoms with van der Waals surface area (Å²) in [6, 6.07) is 0. The number of nitrogens with two attached hydrogens (primary N) is 1. The Morgan fingerprint density at radius 2 is 2.21 bits per heavy atom. The van der Waals surface area contributed by atoms with Gasteiger partial charge in [-0.3, -0.25) is 4.79 Å². The van der Waals surface area contributed by atoms with Crippen molar-refractivity contribution in [3.8, 4) is 0 Å². The molecule has 3 N–H and O–H groups in total. The van der Waals surface area contributed by atoms with Crippen molar-refractivity contribution in [2.24, 2.45) is 17.6 Å². The average Bonchev–Trinajstić information content (AvgIpc) is 2.99. The van der Waals surface area contributed by atoms with E-state index in [1.165, 1.54) is 0 Å². The van der Waals surface area contributed by atoms with Gasteiger partial charge < -0.3 is 15.6 Å². The highest BCUT2D eigenvalue weighted by Crippen LogP contribution is 2.30. The number of imidazole rings is 1. The maximum Gasteiger partial charge on any atom is 0.223 e. The van der Waals surface area contributed by atoms with E-state index in [4.69, 9.17) is 5.73 Å². The van der Waals surface area contributed by atoms with Gasteiger partial charge in [-0.2, -0.15) is 0 Å². The number of carbonyl (C=O) groups excluding carboxylic acids is 1. The van der Waals surface area contributed by atoms with E-state index in [1.807, 2.05) is 10.8 Å². The molecule has 0 aromatic carbocycles. The Labute approximate surface area is 126 Å². The summed E-state index contributed by atoms with van der Waals surface area (Å²) in [5, 5.41) is 2.98. The summed E-state index contributed by atoms with van der Waals surface area (Å²) in [6.45, 7) is 2.05. The van der Waals surface area contributed by atoms with Crippen LogP contribution in [0.2, 0.25) is 0 Å². The quantitative estimate of drug-likeness (QED) is 0.859. The van der Waals surface area contributed by atoms with Crippen LogP contribution in [0, 0.1) is 11.8 Å². The van der Waals surface area contributed by atoms with Crippen LogP contribution in [0.5, 0.6) is 0 Å². The van der Waals surface area contributed by atoms with E-state index in [2.05, 4.69) is 10.3 Å². The average molecular weight is 309 g/mol. The normalized spacial score (nSPS) is 21.3. The molecular formula is C12H22Cl2N4O. The molecule has 7 heteroatoms. The van der Waals surface area contributed by atoms with Crippen molar-refractivity contribution in [3.05, 3.63) is 18.7 Å². The van der Waals surface area contributed by atoms with E-state index >= 15 is 0 Å². The number of nitrogens with one attached hydrogen (secondary N) is 1. The Hall–Kier alpha value is -0.780. The molecule has 0 radical (unpaired) electrons. The largest absolute Gasteiger partial charge is 0.354 e. The summed E-state index contributed by atoms with van der Waals surface area (Å²) in [7, 11) is 0. The topological polar surface area (TPSA) is 72.9 Å². The lowest BCUT2D eigenvalue weighted by Crippen LogP contribution is -2.36. The second-order valence-corrected chi connectivity index (χ2v) is 4.62. The van der Waals surface area contributed by atoms with Crippen LogP contribution < -0.4 is 11.1 Å². The summed E-state index contributed by atoms with van der Waals surface area (Å²) < 4.78 is 1.95. The van der Waals surface area contributed by atoms with Crippen LogP contribution in [0.15, 0.2) is 18.7 Å². The first kappa shape index (κ1) is 18.2. The fourth-order valence-corrected chi connectivity index (χ4v) is 2.52. The van der Waals surface area contributed by atoms with Gasteiger partial charge in [-0.15, -0.1) is 24.8 Å². The fraction of sp³-hybridized carbons (Fsp3) is 0.667. The van der Waals surface area contributed by atoms with Crippen molar-refractivity contribution in [1.82, 2.24) is 14.9 Å².